The van der Waals surface area contributed by atoms with E-state index >= 15 is 0 Å². The van der Waals surface area contributed by atoms with Crippen LogP contribution in [0.1, 0.15) is 92.9 Å². The number of hydrogen-bond donors (Lipinski definition) is 7. The summed E-state index contributed by atoms with van der Waals surface area (Å²) in [6.07, 6.45) is -2.93. The van der Waals surface area contributed by atoms with Crippen molar-refractivity contribution in [3.05, 3.63) is 11.6 Å². The van der Waals surface area contributed by atoms with Crippen molar-refractivity contribution >= 4 is 11.9 Å². The van der Waals surface area contributed by atoms with Crippen LogP contribution in [0.3, 0.4) is 0 Å². The van der Waals surface area contributed by atoms with Gasteiger partial charge in [0.05, 0.1) is 35.2 Å². The summed E-state index contributed by atoms with van der Waals surface area (Å²) in [5.41, 5.74) is -4.43. The normalized spacial score (nSPS) is 55.5. The van der Waals surface area contributed by atoms with Gasteiger partial charge in [-0.3, -0.25) is 9.59 Å². The highest BCUT2D eigenvalue weighted by molar-refractivity contribution is 5.79. The quantitative estimate of drug-likeness (QED) is 0.164. The monoisotopic (exact) mass is 694 g/mol. The van der Waals surface area contributed by atoms with Gasteiger partial charge in [0.1, 0.15) is 24.4 Å². The molecule has 0 radical (unpaired) electrons. The van der Waals surface area contributed by atoms with Crippen LogP contribution in [0.5, 0.6) is 0 Å². The van der Waals surface area contributed by atoms with Crippen LogP contribution < -0.4 is 0 Å². The van der Waals surface area contributed by atoms with E-state index in [4.69, 9.17) is 14.2 Å². The highest BCUT2D eigenvalue weighted by atomic mass is 16.7. The van der Waals surface area contributed by atoms with E-state index in [1.54, 1.807) is 13.8 Å². The first-order valence-corrected chi connectivity index (χ1v) is 18.1. The summed E-state index contributed by atoms with van der Waals surface area (Å²) in [7, 11) is 1.31. The van der Waals surface area contributed by atoms with Crippen LogP contribution in [0, 0.1) is 50.7 Å². The molecule has 0 amide bonds. The minimum absolute atomic E-state index is 0.0302. The SMILES string of the molecule is CO[C@@H]1[C@@H](O)[C@H](OC(=O)[C@]23CC[C@@H](C)[C@@](C)(O)[C@H]2C2=CC[C@@H]4[C@@]5(C)C[C@@H](O)[C@H](O)[C@](C)(C(=O)O)[C@@H]5CC[C@@]4(C)[C@]2(C)CC3)O[C@H](CO)[C@H]1O. The lowest BCUT2D eigenvalue weighted by Crippen LogP contribution is -2.70. The van der Waals surface area contributed by atoms with Crippen LogP contribution in [-0.2, 0) is 23.8 Å². The molecule has 0 aromatic heterocycles. The molecule has 5 aliphatic carbocycles. The minimum Gasteiger partial charge on any atom is -0.481 e. The van der Waals surface area contributed by atoms with Gasteiger partial charge in [-0.25, -0.2) is 0 Å². The zero-order chi connectivity index (χ0) is 36.3. The maximum absolute atomic E-state index is 14.6. The van der Waals surface area contributed by atoms with Crippen molar-refractivity contribution in [2.45, 2.75) is 141 Å². The molecule has 0 bridgehead atoms. The molecular weight excluding hydrogens is 636 g/mol. The standard InChI is InChI=1S/C37H58O12/c1-18-10-13-37(31(45)49-29-25(41)26(47-7)24(40)21(17-38)48-29)15-14-33(3)19(27(37)36(18,6)46)8-9-22-32(2)16-20(39)28(42)35(5,30(43)44)23(32)11-12-34(22,33)4/h8,18,20-29,38-42,46H,9-17H2,1-7H3,(H,43,44)/t18-,20-,21-,22-,23-,24-,25-,26+,27-,28+,29+,32-,33-,34-,35-,36-,37+/m1/s1. The van der Waals surface area contributed by atoms with Gasteiger partial charge in [0.25, 0.3) is 0 Å². The molecule has 6 aliphatic rings. The first-order chi connectivity index (χ1) is 22.7. The second kappa shape index (κ2) is 11.9. The van der Waals surface area contributed by atoms with Crippen LogP contribution in [0.15, 0.2) is 11.6 Å². The first-order valence-electron chi connectivity index (χ1n) is 18.1. The Labute approximate surface area is 288 Å². The van der Waals surface area contributed by atoms with Gasteiger partial charge in [-0.2, -0.15) is 0 Å². The van der Waals surface area contributed by atoms with Crippen LogP contribution in [0.2, 0.25) is 0 Å². The summed E-state index contributed by atoms with van der Waals surface area (Å²) in [4.78, 5) is 27.3. The molecule has 12 nitrogen and oxygen atoms in total. The fourth-order valence-corrected chi connectivity index (χ4v) is 12.6. The van der Waals surface area contributed by atoms with Gasteiger partial charge in [-0.1, -0.05) is 39.3 Å². The number of methoxy groups -OCH3 is 1. The number of fused-ring (bicyclic) bond motifs is 7. The lowest BCUT2D eigenvalue weighted by molar-refractivity contribution is -0.302. The Balaban J connectivity index is 1.40. The topological polar surface area (TPSA) is 203 Å². The number of allylic oxidation sites excluding steroid dienone is 1. The maximum Gasteiger partial charge on any atom is 0.315 e. The second-order valence-corrected chi connectivity index (χ2v) is 17.7. The average molecular weight is 695 g/mol. The Bertz CT molecular complexity index is 1370. The fourth-order valence-electron chi connectivity index (χ4n) is 12.6. The third-order valence-corrected chi connectivity index (χ3v) is 15.9. The number of aliphatic hydroxyl groups excluding tert-OH is 5. The number of carboxylic acids is 1. The molecule has 1 heterocycles. The van der Waals surface area contributed by atoms with Crippen LogP contribution >= 0.6 is 0 Å². The van der Waals surface area contributed by atoms with Crippen molar-refractivity contribution in [1.29, 1.82) is 0 Å². The Kier molecular flexibility index (Phi) is 9.05. The number of hydrogen-bond acceptors (Lipinski definition) is 11. The Morgan fingerprint density at radius 2 is 1.63 bits per heavy atom. The molecule has 0 aromatic carbocycles. The molecule has 4 saturated carbocycles. The molecule has 12 heteroatoms. The van der Waals surface area contributed by atoms with Crippen molar-refractivity contribution in [3.63, 3.8) is 0 Å². The van der Waals surface area contributed by atoms with Crippen molar-refractivity contribution in [2.24, 2.45) is 50.7 Å². The fraction of sp³-hybridized carbons (Fsp3) is 0.892. The molecule has 1 aliphatic heterocycles. The number of ether oxygens (including phenoxy) is 3. The van der Waals surface area contributed by atoms with Gasteiger partial charge in [0.2, 0.25) is 6.29 Å². The van der Waals surface area contributed by atoms with Crippen molar-refractivity contribution in [1.82, 2.24) is 0 Å². The highest BCUT2D eigenvalue weighted by Crippen LogP contribution is 2.76. The number of carbonyl (C=O) groups excluding carboxylic acids is 1. The van der Waals surface area contributed by atoms with E-state index in [0.29, 0.717) is 44.9 Å². The smallest absolute Gasteiger partial charge is 0.315 e. The molecular formula is C37H58O12. The third-order valence-electron chi connectivity index (χ3n) is 15.9. The molecule has 7 N–H and O–H groups in total. The van der Waals surface area contributed by atoms with Gasteiger partial charge in [-0.15, -0.1) is 0 Å². The molecule has 49 heavy (non-hydrogen) atoms. The number of aliphatic hydroxyl groups is 6. The van der Waals surface area contributed by atoms with Gasteiger partial charge in [0.15, 0.2) is 0 Å². The van der Waals surface area contributed by atoms with E-state index in [1.807, 2.05) is 6.92 Å². The molecule has 278 valence electrons. The molecule has 1 saturated heterocycles. The van der Waals surface area contributed by atoms with Gasteiger partial charge >= 0.3 is 11.9 Å². The lowest BCUT2D eigenvalue weighted by Gasteiger charge is -2.71. The number of esters is 1. The van der Waals surface area contributed by atoms with Crippen LogP contribution in [0.4, 0.5) is 0 Å². The second-order valence-electron chi connectivity index (χ2n) is 17.7. The Morgan fingerprint density at radius 1 is 0.959 bits per heavy atom. The Morgan fingerprint density at radius 3 is 2.24 bits per heavy atom. The summed E-state index contributed by atoms with van der Waals surface area (Å²) in [6, 6.07) is 0. The summed E-state index contributed by atoms with van der Waals surface area (Å²) in [5, 5.41) is 76.4. The molecule has 6 rings (SSSR count). The van der Waals surface area contributed by atoms with Crippen LogP contribution in [-0.4, -0.2) is 110 Å². The molecule has 0 unspecified atom stereocenters. The minimum atomic E-state index is -1.51. The van der Waals surface area contributed by atoms with Gasteiger partial charge < -0.3 is 50.0 Å². The van der Waals surface area contributed by atoms with Crippen LogP contribution in [0.25, 0.3) is 0 Å². The number of carboxylic acid groups (broad SMARTS) is 1. The zero-order valence-electron chi connectivity index (χ0n) is 30.0. The number of carbonyl (C=O) groups is 2. The first kappa shape index (κ1) is 37.1. The maximum atomic E-state index is 14.6. The van der Waals surface area contributed by atoms with E-state index in [0.717, 1.165) is 5.57 Å². The molecule has 0 spiro atoms. The lowest BCUT2D eigenvalue weighted by atomic mass is 9.33. The highest BCUT2D eigenvalue weighted by Gasteiger charge is 2.73. The predicted octanol–water partition coefficient (Wildman–Crippen LogP) is 2.15. The number of rotatable bonds is 5. The Hall–Kier alpha value is -1.64. The zero-order valence-corrected chi connectivity index (χ0v) is 30.0. The molecule has 17 atom stereocenters. The van der Waals surface area contributed by atoms with Crippen molar-refractivity contribution in [2.75, 3.05) is 13.7 Å². The van der Waals surface area contributed by atoms with E-state index in [-0.39, 0.29) is 29.6 Å². The summed E-state index contributed by atoms with van der Waals surface area (Å²) >= 11 is 0. The summed E-state index contributed by atoms with van der Waals surface area (Å²) in [6.45, 7) is 11.3. The third kappa shape index (κ3) is 4.77. The van der Waals surface area contributed by atoms with Gasteiger partial charge in [0, 0.05) is 13.0 Å². The van der Waals surface area contributed by atoms with E-state index < -0.39 is 94.6 Å². The summed E-state index contributed by atoms with van der Waals surface area (Å²) in [5.74, 6) is -2.87. The van der Waals surface area contributed by atoms with E-state index in [2.05, 4.69) is 26.8 Å². The largest absolute Gasteiger partial charge is 0.481 e. The summed E-state index contributed by atoms with van der Waals surface area (Å²) < 4.78 is 17.0. The molecule has 5 fully saturated rings. The molecule has 0 aromatic rings. The van der Waals surface area contributed by atoms with Crippen molar-refractivity contribution < 1.29 is 59.5 Å². The van der Waals surface area contributed by atoms with Crippen molar-refractivity contribution in [3.8, 4) is 0 Å². The van der Waals surface area contributed by atoms with E-state index in [1.165, 1.54) is 7.11 Å². The predicted molar refractivity (Wildman–Crippen MR) is 174 cm³/mol. The van der Waals surface area contributed by atoms with E-state index in [9.17, 15) is 45.3 Å². The average Bonchev–Trinajstić information content (AvgIpc) is 3.03. The van der Waals surface area contributed by atoms with Gasteiger partial charge in [-0.05, 0) is 99.2 Å². The number of aliphatic carboxylic acids is 1.